The molecule has 0 bridgehead atoms. The van der Waals surface area contributed by atoms with E-state index in [1.807, 2.05) is 31.1 Å². The molecule has 0 saturated heterocycles. The molecule has 0 aromatic carbocycles. The van der Waals surface area contributed by atoms with Gasteiger partial charge >= 0.3 is 0 Å². The van der Waals surface area contributed by atoms with Crippen molar-refractivity contribution in [1.82, 2.24) is 20.4 Å². The molecule has 0 spiro atoms. The van der Waals surface area contributed by atoms with E-state index in [1.165, 1.54) is 0 Å². The van der Waals surface area contributed by atoms with E-state index in [0.717, 1.165) is 24.3 Å². The molecule has 0 saturated carbocycles. The molecule has 21 heavy (non-hydrogen) atoms. The van der Waals surface area contributed by atoms with Crippen LogP contribution in [0.3, 0.4) is 0 Å². The first-order valence-corrected chi connectivity index (χ1v) is 7.14. The molecule has 1 amide bonds. The van der Waals surface area contributed by atoms with Crippen molar-refractivity contribution in [1.29, 1.82) is 0 Å². The second-order valence-electron chi connectivity index (χ2n) is 5.23. The van der Waals surface area contributed by atoms with E-state index in [1.54, 1.807) is 12.3 Å². The topological polar surface area (TPSA) is 74.2 Å². The Hall–Kier alpha value is -2.08. The Morgan fingerprint density at radius 1 is 1.52 bits per heavy atom. The van der Waals surface area contributed by atoms with Gasteiger partial charge in [0.1, 0.15) is 11.5 Å². The number of aryl methyl sites for hydroxylation is 1. The summed E-state index contributed by atoms with van der Waals surface area (Å²) in [6.45, 7) is 2.56. The smallest absolute Gasteiger partial charge is 0.271 e. The number of nitrogens with one attached hydrogen (secondary N) is 2. The molecular formula is C15H22N4O2. The Bertz CT molecular complexity index is 560. The second-order valence-corrected chi connectivity index (χ2v) is 5.23. The van der Waals surface area contributed by atoms with Crippen LogP contribution >= 0.6 is 0 Å². The second kappa shape index (κ2) is 7.08. The van der Waals surface area contributed by atoms with Gasteiger partial charge in [-0.2, -0.15) is 5.10 Å². The molecule has 6 heteroatoms. The number of carbonyl (C=O) groups excluding carboxylic acids is 1. The lowest BCUT2D eigenvalue weighted by Gasteiger charge is -2.22. The first kappa shape index (κ1) is 15.3. The number of furan rings is 1. The van der Waals surface area contributed by atoms with Crippen LogP contribution in [0.25, 0.3) is 0 Å². The third kappa shape index (κ3) is 3.95. The Balaban J connectivity index is 1.95. The van der Waals surface area contributed by atoms with Crippen LogP contribution in [0.2, 0.25) is 0 Å². The number of aromatic nitrogens is 2. The minimum atomic E-state index is -0.174. The van der Waals surface area contributed by atoms with Crippen molar-refractivity contribution >= 4 is 5.91 Å². The third-order valence-corrected chi connectivity index (χ3v) is 3.33. The number of likely N-dealkylation sites (N-methyl/N-ethyl adjacent to an activating group) is 1. The summed E-state index contributed by atoms with van der Waals surface area (Å²) in [6, 6.07) is 5.55. The first-order valence-electron chi connectivity index (χ1n) is 7.14. The van der Waals surface area contributed by atoms with E-state index in [-0.39, 0.29) is 11.9 Å². The van der Waals surface area contributed by atoms with Crippen molar-refractivity contribution in [3.8, 4) is 0 Å². The third-order valence-electron chi connectivity index (χ3n) is 3.33. The highest BCUT2D eigenvalue weighted by molar-refractivity contribution is 5.92. The number of carbonyl (C=O) groups is 1. The van der Waals surface area contributed by atoms with Gasteiger partial charge in [-0.3, -0.25) is 14.8 Å². The van der Waals surface area contributed by atoms with Crippen LogP contribution in [0.5, 0.6) is 0 Å². The average molecular weight is 290 g/mol. The van der Waals surface area contributed by atoms with Gasteiger partial charge in [-0.25, -0.2) is 0 Å². The quantitative estimate of drug-likeness (QED) is 0.818. The molecule has 2 aromatic heterocycles. The number of rotatable bonds is 7. The molecule has 2 rings (SSSR count). The molecule has 2 N–H and O–H groups in total. The molecule has 0 aliphatic carbocycles. The predicted octanol–water partition coefficient (Wildman–Crippen LogP) is 1.99. The summed E-state index contributed by atoms with van der Waals surface area (Å²) in [5.74, 6) is 0.654. The highest BCUT2D eigenvalue weighted by Gasteiger charge is 2.19. The maximum atomic E-state index is 12.1. The van der Waals surface area contributed by atoms with Crippen LogP contribution in [0.1, 0.15) is 41.3 Å². The van der Waals surface area contributed by atoms with E-state index in [0.29, 0.717) is 12.2 Å². The average Bonchev–Trinajstić information content (AvgIpc) is 3.10. The number of hydrogen-bond donors (Lipinski definition) is 2. The molecule has 1 atom stereocenters. The van der Waals surface area contributed by atoms with E-state index in [9.17, 15) is 4.79 Å². The summed E-state index contributed by atoms with van der Waals surface area (Å²) in [4.78, 5) is 14.1. The molecule has 2 aromatic rings. The van der Waals surface area contributed by atoms with E-state index < -0.39 is 0 Å². The summed E-state index contributed by atoms with van der Waals surface area (Å²) in [7, 11) is 3.90. The molecule has 0 fully saturated rings. The Morgan fingerprint density at radius 2 is 2.33 bits per heavy atom. The lowest BCUT2D eigenvalue weighted by atomic mass is 10.2. The van der Waals surface area contributed by atoms with Gasteiger partial charge in [0.25, 0.3) is 5.91 Å². The molecule has 6 nitrogen and oxygen atoms in total. The summed E-state index contributed by atoms with van der Waals surface area (Å²) >= 11 is 0. The zero-order valence-corrected chi connectivity index (χ0v) is 12.7. The van der Waals surface area contributed by atoms with Gasteiger partial charge in [0.15, 0.2) is 0 Å². The number of H-pyrrole nitrogens is 1. The molecule has 0 radical (unpaired) electrons. The Labute approximate surface area is 124 Å². The SMILES string of the molecule is CCCc1cc(C(=O)NCC(c2ccco2)N(C)C)n[nH]1. The van der Waals surface area contributed by atoms with E-state index >= 15 is 0 Å². The zero-order valence-electron chi connectivity index (χ0n) is 12.7. The fraction of sp³-hybridized carbons (Fsp3) is 0.467. The highest BCUT2D eigenvalue weighted by Crippen LogP contribution is 2.17. The van der Waals surface area contributed by atoms with Crippen LogP contribution < -0.4 is 5.32 Å². The van der Waals surface area contributed by atoms with Crippen molar-refractivity contribution in [2.45, 2.75) is 25.8 Å². The molecule has 1 unspecified atom stereocenters. The summed E-state index contributed by atoms with van der Waals surface area (Å²) in [6.07, 6.45) is 3.55. The van der Waals surface area contributed by atoms with Crippen LogP contribution in [0.4, 0.5) is 0 Å². The molecule has 0 aliphatic heterocycles. The van der Waals surface area contributed by atoms with Gasteiger partial charge < -0.3 is 9.73 Å². The van der Waals surface area contributed by atoms with Gasteiger partial charge in [-0.15, -0.1) is 0 Å². The van der Waals surface area contributed by atoms with Gasteiger partial charge in [-0.05, 0) is 38.7 Å². The minimum Gasteiger partial charge on any atom is -0.468 e. The van der Waals surface area contributed by atoms with Crippen molar-refractivity contribution in [2.24, 2.45) is 0 Å². The largest absolute Gasteiger partial charge is 0.468 e. The standard InChI is InChI=1S/C15H22N4O2/c1-4-6-11-9-12(18-17-11)15(20)16-10-13(19(2)3)14-7-5-8-21-14/h5,7-9,13H,4,6,10H2,1-3H3,(H,16,20)(H,17,18). The number of amides is 1. The highest BCUT2D eigenvalue weighted by atomic mass is 16.3. The molecule has 114 valence electrons. The van der Waals surface area contributed by atoms with Crippen LogP contribution in [-0.4, -0.2) is 41.6 Å². The summed E-state index contributed by atoms with van der Waals surface area (Å²) < 4.78 is 5.42. The maximum Gasteiger partial charge on any atom is 0.271 e. The van der Waals surface area contributed by atoms with Crippen LogP contribution in [-0.2, 0) is 6.42 Å². The normalized spacial score (nSPS) is 12.6. The zero-order chi connectivity index (χ0) is 15.2. The molecular weight excluding hydrogens is 268 g/mol. The van der Waals surface area contributed by atoms with E-state index in [4.69, 9.17) is 4.42 Å². The lowest BCUT2D eigenvalue weighted by molar-refractivity contribution is 0.0934. The van der Waals surface area contributed by atoms with Crippen LogP contribution in [0, 0.1) is 0 Å². The van der Waals surface area contributed by atoms with E-state index in [2.05, 4.69) is 22.4 Å². The van der Waals surface area contributed by atoms with Crippen molar-refractivity contribution < 1.29 is 9.21 Å². The van der Waals surface area contributed by atoms with Gasteiger partial charge in [0.2, 0.25) is 0 Å². The molecule has 2 heterocycles. The fourth-order valence-electron chi connectivity index (χ4n) is 2.17. The van der Waals surface area contributed by atoms with Gasteiger partial charge in [-0.1, -0.05) is 13.3 Å². The van der Waals surface area contributed by atoms with Crippen molar-refractivity contribution in [3.63, 3.8) is 0 Å². The Kier molecular flexibility index (Phi) is 5.16. The van der Waals surface area contributed by atoms with Crippen LogP contribution in [0.15, 0.2) is 28.9 Å². The summed E-state index contributed by atoms with van der Waals surface area (Å²) in [5.41, 5.74) is 1.41. The number of nitrogens with zero attached hydrogens (tertiary/aromatic N) is 2. The fourth-order valence-corrected chi connectivity index (χ4v) is 2.17. The van der Waals surface area contributed by atoms with Crippen molar-refractivity contribution in [3.05, 3.63) is 41.6 Å². The predicted molar refractivity (Wildman–Crippen MR) is 80.1 cm³/mol. The minimum absolute atomic E-state index is 0.00185. The molecule has 0 aliphatic rings. The Morgan fingerprint density at radius 3 is 2.95 bits per heavy atom. The monoisotopic (exact) mass is 290 g/mol. The number of aromatic amines is 1. The first-order chi connectivity index (χ1) is 10.1. The maximum absolute atomic E-state index is 12.1. The van der Waals surface area contributed by atoms with Gasteiger partial charge in [0, 0.05) is 12.2 Å². The van der Waals surface area contributed by atoms with Gasteiger partial charge in [0.05, 0.1) is 12.3 Å². The summed E-state index contributed by atoms with van der Waals surface area (Å²) in [5, 5.41) is 9.83. The lowest BCUT2D eigenvalue weighted by Crippen LogP contribution is -2.34. The number of hydrogen-bond acceptors (Lipinski definition) is 4. The van der Waals surface area contributed by atoms with Crippen molar-refractivity contribution in [2.75, 3.05) is 20.6 Å².